The molecule has 2 aliphatic rings. The number of hydrogen-bond donors (Lipinski definition) is 2. The summed E-state index contributed by atoms with van der Waals surface area (Å²) >= 11 is 0. The average Bonchev–Trinajstić information content (AvgIpc) is 2.87. The summed E-state index contributed by atoms with van der Waals surface area (Å²) in [4.78, 5) is 0. The minimum absolute atomic E-state index is 0.239. The summed E-state index contributed by atoms with van der Waals surface area (Å²) < 4.78 is 0. The summed E-state index contributed by atoms with van der Waals surface area (Å²) in [5.74, 6) is 0. The van der Waals surface area contributed by atoms with Gasteiger partial charge in [0.25, 0.3) is 0 Å². The van der Waals surface area contributed by atoms with Crippen molar-refractivity contribution in [3.05, 3.63) is 0 Å². The number of hydrogen-bond acceptors (Lipinski definition) is 2. The van der Waals surface area contributed by atoms with Crippen molar-refractivity contribution in [2.24, 2.45) is 5.41 Å². The highest BCUT2D eigenvalue weighted by atomic mass is 16.3. The molecule has 0 heterocycles. The molecule has 0 amide bonds. The van der Waals surface area contributed by atoms with Crippen LogP contribution in [0, 0.1) is 5.41 Å². The van der Waals surface area contributed by atoms with Crippen LogP contribution in [-0.4, -0.2) is 24.3 Å². The van der Waals surface area contributed by atoms with E-state index in [0.717, 1.165) is 12.6 Å². The van der Waals surface area contributed by atoms with E-state index in [1.807, 2.05) is 0 Å². The van der Waals surface area contributed by atoms with Crippen molar-refractivity contribution in [3.8, 4) is 0 Å². The molecule has 82 valence electrons. The van der Waals surface area contributed by atoms with Crippen molar-refractivity contribution in [1.29, 1.82) is 0 Å². The Balaban J connectivity index is 1.76. The third kappa shape index (κ3) is 2.29. The fourth-order valence-electron chi connectivity index (χ4n) is 3.01. The van der Waals surface area contributed by atoms with Crippen LogP contribution in [-0.2, 0) is 0 Å². The number of nitrogens with one attached hydrogen (secondary N) is 1. The monoisotopic (exact) mass is 197 g/mol. The maximum absolute atomic E-state index is 9.45. The van der Waals surface area contributed by atoms with Crippen LogP contribution in [0.2, 0.25) is 0 Å². The lowest BCUT2D eigenvalue weighted by Gasteiger charge is -2.28. The third-order valence-corrected chi connectivity index (χ3v) is 4.12. The van der Waals surface area contributed by atoms with E-state index in [9.17, 15) is 5.11 Å². The van der Waals surface area contributed by atoms with E-state index in [0.29, 0.717) is 6.61 Å². The molecule has 2 aliphatic carbocycles. The summed E-state index contributed by atoms with van der Waals surface area (Å²) in [6.07, 6.45) is 10.6. The molecule has 0 spiro atoms. The van der Waals surface area contributed by atoms with E-state index in [2.05, 4.69) is 5.32 Å². The standard InChI is InChI=1S/C12H23NO/c14-10-12(7-3-4-8-12)9-13-11-5-1-2-6-11/h11,13-14H,1-10H2. The Bertz CT molecular complexity index is 169. The lowest BCUT2D eigenvalue weighted by Crippen LogP contribution is -2.39. The molecule has 2 heteroatoms. The van der Waals surface area contributed by atoms with Crippen LogP contribution >= 0.6 is 0 Å². The summed E-state index contributed by atoms with van der Waals surface area (Å²) in [5, 5.41) is 13.1. The first-order valence-electron chi connectivity index (χ1n) is 6.19. The van der Waals surface area contributed by atoms with Gasteiger partial charge in [-0.3, -0.25) is 0 Å². The molecule has 0 radical (unpaired) electrons. The maximum atomic E-state index is 9.45. The van der Waals surface area contributed by atoms with E-state index in [-0.39, 0.29) is 5.41 Å². The van der Waals surface area contributed by atoms with Gasteiger partial charge in [-0.2, -0.15) is 0 Å². The fourth-order valence-corrected chi connectivity index (χ4v) is 3.01. The van der Waals surface area contributed by atoms with Crippen LogP contribution in [0.4, 0.5) is 0 Å². The van der Waals surface area contributed by atoms with E-state index >= 15 is 0 Å². The fraction of sp³-hybridized carbons (Fsp3) is 1.00. The first kappa shape index (κ1) is 10.4. The summed E-state index contributed by atoms with van der Waals surface area (Å²) in [6, 6.07) is 0.749. The highest BCUT2D eigenvalue weighted by Crippen LogP contribution is 2.37. The highest BCUT2D eigenvalue weighted by Gasteiger charge is 2.33. The molecule has 0 unspecified atom stereocenters. The molecule has 14 heavy (non-hydrogen) atoms. The minimum atomic E-state index is 0.239. The Labute approximate surface area is 87.1 Å². The topological polar surface area (TPSA) is 32.3 Å². The summed E-state index contributed by atoms with van der Waals surface area (Å²) in [7, 11) is 0. The molecule has 0 aliphatic heterocycles. The molecule has 2 N–H and O–H groups in total. The van der Waals surface area contributed by atoms with E-state index in [1.165, 1.54) is 51.4 Å². The number of aliphatic hydroxyl groups excluding tert-OH is 1. The Kier molecular flexibility index (Phi) is 3.45. The van der Waals surface area contributed by atoms with Crippen LogP contribution in [0.25, 0.3) is 0 Å². The van der Waals surface area contributed by atoms with Crippen LogP contribution in [0.15, 0.2) is 0 Å². The molecule has 0 aromatic rings. The van der Waals surface area contributed by atoms with Crippen molar-refractivity contribution in [3.63, 3.8) is 0 Å². The molecule has 2 saturated carbocycles. The summed E-state index contributed by atoms with van der Waals surface area (Å²) in [5.41, 5.74) is 0.239. The molecule has 0 bridgehead atoms. The highest BCUT2D eigenvalue weighted by molar-refractivity contribution is 4.88. The predicted molar refractivity (Wildman–Crippen MR) is 58.2 cm³/mol. The van der Waals surface area contributed by atoms with Gasteiger partial charge in [-0.25, -0.2) is 0 Å². The Morgan fingerprint density at radius 3 is 2.29 bits per heavy atom. The molecule has 0 saturated heterocycles. The Morgan fingerprint density at radius 2 is 1.71 bits per heavy atom. The third-order valence-electron chi connectivity index (χ3n) is 4.12. The summed E-state index contributed by atoms with van der Waals surface area (Å²) in [6.45, 7) is 1.43. The van der Waals surface area contributed by atoms with Gasteiger partial charge in [0.15, 0.2) is 0 Å². The Hall–Kier alpha value is -0.0800. The van der Waals surface area contributed by atoms with Gasteiger partial charge in [-0.15, -0.1) is 0 Å². The Morgan fingerprint density at radius 1 is 1.07 bits per heavy atom. The molecule has 0 aromatic carbocycles. The molecule has 0 atom stereocenters. The van der Waals surface area contributed by atoms with Gasteiger partial charge in [0.2, 0.25) is 0 Å². The van der Waals surface area contributed by atoms with Crippen LogP contribution in [0.1, 0.15) is 51.4 Å². The largest absolute Gasteiger partial charge is 0.396 e. The van der Waals surface area contributed by atoms with Crippen LogP contribution < -0.4 is 5.32 Å². The van der Waals surface area contributed by atoms with Gasteiger partial charge >= 0.3 is 0 Å². The van der Waals surface area contributed by atoms with E-state index in [4.69, 9.17) is 0 Å². The first-order valence-corrected chi connectivity index (χ1v) is 6.19. The van der Waals surface area contributed by atoms with Crippen molar-refractivity contribution in [2.45, 2.75) is 57.4 Å². The second-order valence-corrected chi connectivity index (χ2v) is 5.23. The molecule has 2 rings (SSSR count). The van der Waals surface area contributed by atoms with Crippen molar-refractivity contribution in [1.82, 2.24) is 5.32 Å². The van der Waals surface area contributed by atoms with Gasteiger partial charge in [0.05, 0.1) is 0 Å². The zero-order valence-electron chi connectivity index (χ0n) is 9.10. The second kappa shape index (κ2) is 4.63. The smallest absolute Gasteiger partial charge is 0.0499 e. The molecule has 2 fully saturated rings. The van der Waals surface area contributed by atoms with Crippen LogP contribution in [0.5, 0.6) is 0 Å². The maximum Gasteiger partial charge on any atom is 0.0499 e. The van der Waals surface area contributed by atoms with Gasteiger partial charge in [-0.05, 0) is 25.7 Å². The van der Waals surface area contributed by atoms with Gasteiger partial charge in [0.1, 0.15) is 0 Å². The molecular weight excluding hydrogens is 174 g/mol. The lowest BCUT2D eigenvalue weighted by atomic mass is 9.87. The molecular formula is C12H23NO. The van der Waals surface area contributed by atoms with Crippen LogP contribution in [0.3, 0.4) is 0 Å². The quantitative estimate of drug-likeness (QED) is 0.723. The van der Waals surface area contributed by atoms with Crippen molar-refractivity contribution >= 4 is 0 Å². The predicted octanol–water partition coefficient (Wildman–Crippen LogP) is 2.07. The SMILES string of the molecule is OCC1(CNC2CCCC2)CCCC1. The van der Waals surface area contributed by atoms with Gasteiger partial charge < -0.3 is 10.4 Å². The number of aliphatic hydroxyl groups is 1. The molecule has 0 aromatic heterocycles. The number of rotatable bonds is 4. The normalized spacial score (nSPS) is 27.2. The molecule has 2 nitrogen and oxygen atoms in total. The van der Waals surface area contributed by atoms with E-state index in [1.54, 1.807) is 0 Å². The zero-order valence-corrected chi connectivity index (χ0v) is 9.10. The second-order valence-electron chi connectivity index (χ2n) is 5.23. The minimum Gasteiger partial charge on any atom is -0.396 e. The van der Waals surface area contributed by atoms with Crippen molar-refractivity contribution in [2.75, 3.05) is 13.2 Å². The lowest BCUT2D eigenvalue weighted by molar-refractivity contribution is 0.125. The first-order chi connectivity index (χ1) is 6.85. The average molecular weight is 197 g/mol. The van der Waals surface area contributed by atoms with Crippen molar-refractivity contribution < 1.29 is 5.11 Å². The van der Waals surface area contributed by atoms with E-state index < -0.39 is 0 Å². The van der Waals surface area contributed by atoms with Gasteiger partial charge in [0, 0.05) is 24.6 Å². The van der Waals surface area contributed by atoms with Gasteiger partial charge in [-0.1, -0.05) is 25.7 Å². The zero-order chi connectivity index (χ0) is 9.86.